The quantitative estimate of drug-likeness (QED) is 0.119. The van der Waals surface area contributed by atoms with Gasteiger partial charge in [-0.05, 0) is 159 Å². The minimum Gasteiger partial charge on any atom is -0.444 e. The number of nitrogen functional groups attached to an aromatic ring is 4. The minimum atomic E-state index is -0.511. The van der Waals surface area contributed by atoms with Crippen LogP contribution in [0.1, 0.15) is 194 Å². The van der Waals surface area contributed by atoms with Crippen molar-refractivity contribution in [1.29, 1.82) is 21.0 Å². The van der Waals surface area contributed by atoms with Gasteiger partial charge in [0, 0.05) is 44.7 Å². The van der Waals surface area contributed by atoms with E-state index in [9.17, 15) is 19.2 Å². The average Bonchev–Trinajstić information content (AvgIpc) is 4.20. The number of thiophene rings is 4. The molecule has 0 aliphatic carbocycles. The van der Waals surface area contributed by atoms with Gasteiger partial charge in [-0.1, -0.05) is 7.43 Å². The van der Waals surface area contributed by atoms with Crippen LogP contribution >= 0.6 is 45.3 Å². The molecule has 8 N–H and O–H groups in total. The first-order chi connectivity index (χ1) is 36.9. The van der Waals surface area contributed by atoms with E-state index in [0.717, 1.165) is 41.8 Å². The molecule has 81 heavy (non-hydrogen) atoms. The molecule has 4 amide bonds. The highest BCUT2D eigenvalue weighted by atomic mass is 32.1. The van der Waals surface area contributed by atoms with Crippen molar-refractivity contribution in [3.05, 3.63) is 64.0 Å². The maximum absolute atomic E-state index is 12.2. The molecule has 440 valence electrons. The standard InChI is InChI=1S/4C14H19N3O2S.CH4/c2*1-8-5-9-10(6-15)12(16)20-11(9)7-17(8)13(18)19-14(2,3)4;2*1-8-11-9(10(7-15)12(16)20-11)5-6-17(8)13(18)19-14(2,3)4;/h2*8H,5,7,16H2,1-4H3;2*8H,5-6,16H2,1-4H3;1H4/t4*8-;/m0000./s1. The molecule has 0 unspecified atom stereocenters. The Labute approximate surface area is 493 Å². The summed E-state index contributed by atoms with van der Waals surface area (Å²) in [6.45, 7) is 32.0. The van der Waals surface area contributed by atoms with Gasteiger partial charge in [0.25, 0.3) is 0 Å². The number of nitriles is 4. The number of anilines is 4. The summed E-state index contributed by atoms with van der Waals surface area (Å²) in [5.41, 5.74) is 27.7. The number of hydrogen-bond acceptors (Lipinski definition) is 20. The Morgan fingerprint density at radius 3 is 0.951 bits per heavy atom. The zero-order chi connectivity index (χ0) is 60.3. The fourth-order valence-corrected chi connectivity index (χ4v) is 13.6. The van der Waals surface area contributed by atoms with Gasteiger partial charge in [-0.2, -0.15) is 21.0 Å². The van der Waals surface area contributed by atoms with Gasteiger partial charge >= 0.3 is 24.4 Å². The highest BCUT2D eigenvalue weighted by Gasteiger charge is 2.38. The maximum Gasteiger partial charge on any atom is 0.410 e. The van der Waals surface area contributed by atoms with E-state index >= 15 is 0 Å². The lowest BCUT2D eigenvalue weighted by Crippen LogP contribution is -2.44. The van der Waals surface area contributed by atoms with Crippen LogP contribution in [0.3, 0.4) is 0 Å². The van der Waals surface area contributed by atoms with E-state index in [1.165, 1.54) is 45.3 Å². The number of nitrogens with two attached hydrogens (primary N) is 4. The molecule has 0 spiro atoms. The van der Waals surface area contributed by atoms with Crippen molar-refractivity contribution >= 4 is 89.7 Å². The fraction of sp³-hybridized carbons (Fsp3) is 0.579. The summed E-state index contributed by atoms with van der Waals surface area (Å²) in [6, 6.07) is 8.41. The lowest BCUT2D eigenvalue weighted by atomic mass is 9.98. The number of nitrogens with zero attached hydrogens (tertiary/aromatic N) is 8. The number of carbonyl (C=O) groups is 4. The van der Waals surface area contributed by atoms with Crippen molar-refractivity contribution in [3.63, 3.8) is 0 Å². The van der Waals surface area contributed by atoms with Crippen molar-refractivity contribution in [2.45, 2.75) is 204 Å². The normalized spacial score (nSPS) is 18.1. The molecule has 4 aliphatic heterocycles. The van der Waals surface area contributed by atoms with Crippen molar-refractivity contribution in [3.8, 4) is 24.3 Å². The topological polar surface area (TPSA) is 317 Å². The molecule has 0 aromatic carbocycles. The molecule has 0 saturated heterocycles. The average molecular weight is 1190 g/mol. The molecule has 4 aliphatic rings. The minimum absolute atomic E-state index is 0. The van der Waals surface area contributed by atoms with E-state index in [2.05, 4.69) is 24.3 Å². The summed E-state index contributed by atoms with van der Waals surface area (Å²) in [5.74, 6) is 0. The molecule has 24 heteroatoms. The Kier molecular flexibility index (Phi) is 21.3. The summed E-state index contributed by atoms with van der Waals surface area (Å²) in [7, 11) is 0. The SMILES string of the molecule is C.C[C@H]1Cc2c(sc(N)c2C#N)CN1C(=O)OC(C)(C)C.C[C@H]1Cc2c(sc(N)c2C#N)CN1C(=O)OC(C)(C)C.C[C@H]1c2sc(N)c(C#N)c2CCN1C(=O)OC(C)(C)C.C[C@H]1c2sc(N)c(C#N)c2CCN1C(=O)OC(C)(C)C. The Balaban J connectivity index is 0.000000231. The molecule has 0 saturated carbocycles. The number of rotatable bonds is 0. The van der Waals surface area contributed by atoms with Crippen molar-refractivity contribution in [2.24, 2.45) is 0 Å². The fourth-order valence-electron chi connectivity index (χ4n) is 9.26. The third-order valence-electron chi connectivity index (χ3n) is 12.9. The Bertz CT molecular complexity index is 2900. The maximum atomic E-state index is 12.2. The number of hydrogen-bond donors (Lipinski definition) is 4. The molecule has 4 aromatic heterocycles. The number of fused-ring (bicyclic) bond motifs is 4. The lowest BCUT2D eigenvalue weighted by Gasteiger charge is -2.34. The zero-order valence-electron chi connectivity index (χ0n) is 48.8. The summed E-state index contributed by atoms with van der Waals surface area (Å²) in [6.07, 6.45) is 1.31. The van der Waals surface area contributed by atoms with Gasteiger partial charge in [0.15, 0.2) is 0 Å². The first-order valence-corrected chi connectivity index (χ1v) is 29.4. The van der Waals surface area contributed by atoms with Gasteiger partial charge in [0.1, 0.15) is 66.7 Å². The summed E-state index contributed by atoms with van der Waals surface area (Å²) < 4.78 is 21.7. The van der Waals surface area contributed by atoms with E-state index in [1.807, 2.05) is 111 Å². The third-order valence-corrected chi connectivity index (χ3v) is 17.5. The van der Waals surface area contributed by atoms with Crippen molar-refractivity contribution in [1.82, 2.24) is 19.6 Å². The van der Waals surface area contributed by atoms with Crippen LogP contribution in [0.2, 0.25) is 0 Å². The lowest BCUT2D eigenvalue weighted by molar-refractivity contribution is 0.0131. The largest absolute Gasteiger partial charge is 0.444 e. The highest BCUT2D eigenvalue weighted by Crippen LogP contribution is 2.43. The number of carbonyl (C=O) groups excluding carboxylic acids is 4. The smallest absolute Gasteiger partial charge is 0.410 e. The zero-order valence-corrected chi connectivity index (χ0v) is 52.0. The van der Waals surface area contributed by atoms with Crippen LogP contribution in [-0.2, 0) is 57.7 Å². The first kappa shape index (κ1) is 66.6. The van der Waals surface area contributed by atoms with E-state index in [0.29, 0.717) is 94.1 Å². The third kappa shape index (κ3) is 16.2. The second-order valence-electron chi connectivity index (χ2n) is 23.8. The molecule has 0 fully saturated rings. The van der Waals surface area contributed by atoms with Gasteiger partial charge in [0.05, 0.1) is 47.4 Å². The van der Waals surface area contributed by atoms with Crippen LogP contribution in [0, 0.1) is 45.3 Å². The Morgan fingerprint density at radius 2 is 0.691 bits per heavy atom. The van der Waals surface area contributed by atoms with Crippen LogP contribution in [0.4, 0.5) is 39.2 Å². The first-order valence-electron chi connectivity index (χ1n) is 26.1. The van der Waals surface area contributed by atoms with Crippen molar-refractivity contribution < 1.29 is 38.1 Å². The van der Waals surface area contributed by atoms with E-state index < -0.39 is 22.4 Å². The van der Waals surface area contributed by atoms with E-state index in [4.69, 9.17) is 62.9 Å². The molecule has 0 bridgehead atoms. The molecular weight excluding hydrogens is 1110 g/mol. The van der Waals surface area contributed by atoms with Crippen LogP contribution in [0.25, 0.3) is 0 Å². The highest BCUT2D eigenvalue weighted by molar-refractivity contribution is 7.17. The monoisotopic (exact) mass is 1190 g/mol. The molecular formula is C57H80N12O8S4. The van der Waals surface area contributed by atoms with E-state index in [1.54, 1.807) is 19.6 Å². The molecule has 8 rings (SSSR count). The summed E-state index contributed by atoms with van der Waals surface area (Å²) in [5, 5.41) is 38.7. The van der Waals surface area contributed by atoms with Gasteiger partial charge in [-0.3, -0.25) is 0 Å². The predicted octanol–water partition coefficient (Wildman–Crippen LogP) is 12.5. The summed E-state index contributed by atoms with van der Waals surface area (Å²) >= 11 is 5.57. The van der Waals surface area contributed by atoms with E-state index in [-0.39, 0.29) is 56.0 Å². The van der Waals surface area contributed by atoms with Gasteiger partial charge in [-0.15, -0.1) is 45.3 Å². The number of ether oxygens (including phenoxy) is 4. The van der Waals surface area contributed by atoms with Gasteiger partial charge < -0.3 is 61.5 Å². The van der Waals surface area contributed by atoms with Crippen LogP contribution in [-0.4, -0.2) is 91.5 Å². The second kappa shape index (κ2) is 25.9. The predicted molar refractivity (Wildman–Crippen MR) is 321 cm³/mol. The molecule has 0 radical (unpaired) electrons. The summed E-state index contributed by atoms with van der Waals surface area (Å²) in [4.78, 5) is 59.6. The van der Waals surface area contributed by atoms with Crippen molar-refractivity contribution in [2.75, 3.05) is 36.0 Å². The molecule has 4 atom stereocenters. The second-order valence-corrected chi connectivity index (χ2v) is 28.3. The molecule has 8 heterocycles. The molecule has 20 nitrogen and oxygen atoms in total. The number of amides is 4. The molecule has 4 aromatic rings. The Hall–Kier alpha value is -6.96. The van der Waals surface area contributed by atoms with Crippen LogP contribution in [0.15, 0.2) is 0 Å². The van der Waals surface area contributed by atoms with Crippen LogP contribution in [0.5, 0.6) is 0 Å². The Morgan fingerprint density at radius 1 is 0.444 bits per heavy atom. The van der Waals surface area contributed by atoms with Gasteiger partial charge in [0.2, 0.25) is 0 Å². The van der Waals surface area contributed by atoms with Crippen LogP contribution < -0.4 is 22.9 Å². The van der Waals surface area contributed by atoms with Gasteiger partial charge in [-0.25, -0.2) is 19.2 Å².